The molecule has 0 radical (unpaired) electrons. The van der Waals surface area contributed by atoms with Gasteiger partial charge in [0.1, 0.15) is 17.3 Å². The smallest absolute Gasteiger partial charge is 0.281 e. The molecule has 0 bridgehead atoms. The summed E-state index contributed by atoms with van der Waals surface area (Å²) < 4.78 is 18.5. The van der Waals surface area contributed by atoms with Gasteiger partial charge in [-0.1, -0.05) is 6.07 Å². The first-order valence-electron chi connectivity index (χ1n) is 7.10. The molecule has 3 rings (SSSR count). The Morgan fingerprint density at radius 1 is 1.04 bits per heavy atom. The zero-order valence-electron chi connectivity index (χ0n) is 12.5. The summed E-state index contributed by atoms with van der Waals surface area (Å²) in [6.07, 6.45) is 3.17. The highest BCUT2D eigenvalue weighted by atomic mass is 19.1. The Balaban J connectivity index is 1.80. The highest BCUT2D eigenvalue weighted by molar-refractivity contribution is 6.04. The van der Waals surface area contributed by atoms with Crippen LogP contribution >= 0.6 is 0 Å². The molecule has 24 heavy (non-hydrogen) atoms. The van der Waals surface area contributed by atoms with Crippen LogP contribution in [0.5, 0.6) is 11.5 Å². The number of carbonyl (C=O) groups excluding carboxylic acids is 1. The van der Waals surface area contributed by atoms with Crippen molar-refractivity contribution < 1.29 is 19.1 Å². The standard InChI is InChI=1S/C18H13FN2O3/c19-14-8-6-13(7-9-14)18(22)21(23)15-3-1-4-16(11-15)24-17-5-2-10-20-12-17/h1-12,23H. The first-order valence-corrected chi connectivity index (χ1v) is 7.10. The maximum absolute atomic E-state index is 12.9. The summed E-state index contributed by atoms with van der Waals surface area (Å²) in [5, 5.41) is 10.6. The van der Waals surface area contributed by atoms with E-state index in [2.05, 4.69) is 4.98 Å². The van der Waals surface area contributed by atoms with E-state index in [0.29, 0.717) is 16.6 Å². The van der Waals surface area contributed by atoms with Gasteiger partial charge in [-0.2, -0.15) is 5.06 Å². The second kappa shape index (κ2) is 6.89. The lowest BCUT2D eigenvalue weighted by molar-refractivity contribution is 0.0854. The van der Waals surface area contributed by atoms with Crippen LogP contribution in [0.4, 0.5) is 10.1 Å². The number of aromatic nitrogens is 1. The number of nitrogens with zero attached hydrogens (tertiary/aromatic N) is 2. The van der Waals surface area contributed by atoms with E-state index in [-0.39, 0.29) is 11.3 Å². The van der Waals surface area contributed by atoms with Gasteiger partial charge >= 0.3 is 0 Å². The Kier molecular flexibility index (Phi) is 4.49. The molecule has 0 aliphatic heterocycles. The summed E-state index contributed by atoms with van der Waals surface area (Å²) in [6.45, 7) is 0. The van der Waals surface area contributed by atoms with E-state index in [1.165, 1.54) is 18.2 Å². The maximum atomic E-state index is 12.9. The third-order valence-corrected chi connectivity index (χ3v) is 3.22. The predicted octanol–water partition coefficient (Wildman–Crippen LogP) is 4.05. The minimum atomic E-state index is -0.673. The third kappa shape index (κ3) is 3.56. The molecule has 120 valence electrons. The van der Waals surface area contributed by atoms with Gasteiger partial charge in [-0.25, -0.2) is 4.39 Å². The van der Waals surface area contributed by atoms with Crippen LogP contribution in [0.15, 0.2) is 73.1 Å². The molecule has 1 aromatic heterocycles. The fourth-order valence-electron chi connectivity index (χ4n) is 2.05. The molecule has 1 amide bonds. The topological polar surface area (TPSA) is 62.7 Å². The molecule has 2 aromatic carbocycles. The monoisotopic (exact) mass is 324 g/mol. The van der Waals surface area contributed by atoms with Crippen molar-refractivity contribution >= 4 is 11.6 Å². The van der Waals surface area contributed by atoms with Crippen molar-refractivity contribution in [2.45, 2.75) is 0 Å². The maximum Gasteiger partial charge on any atom is 0.281 e. The fourth-order valence-corrected chi connectivity index (χ4v) is 2.05. The summed E-state index contributed by atoms with van der Waals surface area (Å²) in [6, 6.07) is 14.8. The highest BCUT2D eigenvalue weighted by Crippen LogP contribution is 2.25. The summed E-state index contributed by atoms with van der Waals surface area (Å²) in [7, 11) is 0. The Labute approximate surface area is 137 Å². The summed E-state index contributed by atoms with van der Waals surface area (Å²) in [5.41, 5.74) is 0.392. The van der Waals surface area contributed by atoms with Crippen molar-refractivity contribution in [2.75, 3.05) is 5.06 Å². The molecule has 5 nitrogen and oxygen atoms in total. The first-order chi connectivity index (χ1) is 11.6. The molecule has 0 atom stereocenters. The van der Waals surface area contributed by atoms with E-state index in [1.54, 1.807) is 42.7 Å². The summed E-state index contributed by atoms with van der Waals surface area (Å²) in [5.74, 6) is -0.160. The van der Waals surface area contributed by atoms with Crippen LogP contribution in [-0.4, -0.2) is 16.1 Å². The van der Waals surface area contributed by atoms with E-state index in [1.807, 2.05) is 0 Å². The molecular formula is C18H13FN2O3. The normalized spacial score (nSPS) is 10.2. The number of pyridine rings is 1. The van der Waals surface area contributed by atoms with Crippen LogP contribution in [-0.2, 0) is 0 Å². The number of amides is 1. The lowest BCUT2D eigenvalue weighted by atomic mass is 10.2. The van der Waals surface area contributed by atoms with Crippen molar-refractivity contribution in [3.05, 3.63) is 84.4 Å². The van der Waals surface area contributed by atoms with Crippen molar-refractivity contribution in [1.29, 1.82) is 0 Å². The number of carbonyl (C=O) groups is 1. The van der Waals surface area contributed by atoms with E-state index in [9.17, 15) is 14.4 Å². The Hall–Kier alpha value is -3.25. The highest BCUT2D eigenvalue weighted by Gasteiger charge is 2.16. The van der Waals surface area contributed by atoms with Crippen molar-refractivity contribution in [3.63, 3.8) is 0 Å². The zero-order chi connectivity index (χ0) is 16.9. The Bertz CT molecular complexity index is 838. The SMILES string of the molecule is O=C(c1ccc(F)cc1)N(O)c1cccc(Oc2cccnc2)c1. The van der Waals surface area contributed by atoms with Gasteiger partial charge in [0.15, 0.2) is 0 Å². The number of rotatable bonds is 4. The van der Waals surface area contributed by atoms with Crippen molar-refractivity contribution in [2.24, 2.45) is 0 Å². The average molecular weight is 324 g/mol. The number of hydrogen-bond acceptors (Lipinski definition) is 4. The lowest BCUT2D eigenvalue weighted by Gasteiger charge is -2.16. The van der Waals surface area contributed by atoms with E-state index in [4.69, 9.17) is 4.74 Å². The lowest BCUT2D eigenvalue weighted by Crippen LogP contribution is -2.26. The second-order valence-corrected chi connectivity index (χ2v) is 4.91. The number of benzene rings is 2. The molecular weight excluding hydrogens is 311 g/mol. The second-order valence-electron chi connectivity index (χ2n) is 4.91. The van der Waals surface area contributed by atoms with Gasteiger partial charge in [0.25, 0.3) is 5.91 Å². The molecule has 1 heterocycles. The van der Waals surface area contributed by atoms with Crippen LogP contribution in [0.1, 0.15) is 10.4 Å². The van der Waals surface area contributed by atoms with Gasteiger partial charge in [0, 0.05) is 17.8 Å². The Morgan fingerprint density at radius 3 is 2.50 bits per heavy atom. The molecule has 0 fully saturated rings. The van der Waals surface area contributed by atoms with Crippen LogP contribution in [0.25, 0.3) is 0 Å². The number of hydroxylamine groups is 1. The van der Waals surface area contributed by atoms with Crippen LogP contribution in [0.2, 0.25) is 0 Å². The largest absolute Gasteiger partial charge is 0.456 e. The van der Waals surface area contributed by atoms with Crippen LogP contribution < -0.4 is 9.80 Å². The van der Waals surface area contributed by atoms with Gasteiger partial charge in [-0.05, 0) is 48.5 Å². The minimum Gasteiger partial charge on any atom is -0.456 e. The molecule has 0 spiro atoms. The number of hydrogen-bond donors (Lipinski definition) is 1. The molecule has 3 aromatic rings. The van der Waals surface area contributed by atoms with Gasteiger partial charge in [-0.3, -0.25) is 15.0 Å². The van der Waals surface area contributed by atoms with Gasteiger partial charge in [0.05, 0.1) is 11.9 Å². The van der Waals surface area contributed by atoms with Crippen molar-refractivity contribution in [1.82, 2.24) is 4.98 Å². The quantitative estimate of drug-likeness (QED) is 0.581. The third-order valence-electron chi connectivity index (χ3n) is 3.22. The fraction of sp³-hybridized carbons (Fsp3) is 0. The molecule has 0 unspecified atom stereocenters. The Morgan fingerprint density at radius 2 is 1.79 bits per heavy atom. The zero-order valence-corrected chi connectivity index (χ0v) is 12.5. The number of halogens is 1. The molecule has 0 aliphatic rings. The molecule has 0 saturated heterocycles. The average Bonchev–Trinajstić information content (AvgIpc) is 2.62. The van der Waals surface area contributed by atoms with Gasteiger partial charge in [-0.15, -0.1) is 0 Å². The number of anilines is 1. The first kappa shape index (κ1) is 15.6. The number of ether oxygens (including phenoxy) is 1. The van der Waals surface area contributed by atoms with Crippen molar-refractivity contribution in [3.8, 4) is 11.5 Å². The van der Waals surface area contributed by atoms with Gasteiger partial charge < -0.3 is 4.74 Å². The van der Waals surface area contributed by atoms with Crippen LogP contribution in [0, 0.1) is 5.82 Å². The molecule has 0 saturated carbocycles. The molecule has 0 aliphatic carbocycles. The van der Waals surface area contributed by atoms with E-state index >= 15 is 0 Å². The van der Waals surface area contributed by atoms with Crippen LogP contribution in [0.3, 0.4) is 0 Å². The van der Waals surface area contributed by atoms with Gasteiger partial charge in [0.2, 0.25) is 0 Å². The molecule has 1 N–H and O–H groups in total. The minimum absolute atomic E-state index is 0.164. The summed E-state index contributed by atoms with van der Waals surface area (Å²) in [4.78, 5) is 16.2. The van der Waals surface area contributed by atoms with E-state index < -0.39 is 11.7 Å². The molecule has 6 heteroatoms. The predicted molar refractivity (Wildman–Crippen MR) is 85.7 cm³/mol. The summed E-state index contributed by atoms with van der Waals surface area (Å²) >= 11 is 0. The van der Waals surface area contributed by atoms with E-state index in [0.717, 1.165) is 12.1 Å².